The third-order valence-electron chi connectivity index (χ3n) is 2.67. The van der Waals surface area contributed by atoms with Crippen LogP contribution in [0.1, 0.15) is 25.6 Å². The van der Waals surface area contributed by atoms with Gasteiger partial charge in [-0.15, -0.1) is 0 Å². The van der Waals surface area contributed by atoms with Gasteiger partial charge in [0, 0.05) is 25.6 Å². The lowest BCUT2D eigenvalue weighted by Gasteiger charge is -2.27. The van der Waals surface area contributed by atoms with Gasteiger partial charge in [-0.05, 0) is 19.8 Å². The van der Waals surface area contributed by atoms with Crippen LogP contribution in [0.5, 0.6) is 0 Å². The third kappa shape index (κ3) is 3.28. The standard InChI is InChI=1S/C10H17N3O2/c1-8-6-9(3-5-14-8)11-4-2-10-12-7-15-13-10/h7-9,11H,2-6H2,1H3. The summed E-state index contributed by atoms with van der Waals surface area (Å²) in [5, 5.41) is 7.25. The zero-order valence-electron chi connectivity index (χ0n) is 8.98. The van der Waals surface area contributed by atoms with Crippen LogP contribution in [-0.2, 0) is 11.2 Å². The van der Waals surface area contributed by atoms with Crippen molar-refractivity contribution in [1.29, 1.82) is 0 Å². The van der Waals surface area contributed by atoms with E-state index >= 15 is 0 Å². The highest BCUT2D eigenvalue weighted by Crippen LogP contribution is 2.12. The summed E-state index contributed by atoms with van der Waals surface area (Å²) in [7, 11) is 0. The van der Waals surface area contributed by atoms with Crippen LogP contribution in [0.3, 0.4) is 0 Å². The largest absolute Gasteiger partial charge is 0.378 e. The molecule has 5 nitrogen and oxygen atoms in total. The van der Waals surface area contributed by atoms with E-state index in [1.165, 1.54) is 6.39 Å². The van der Waals surface area contributed by atoms with Crippen molar-refractivity contribution >= 4 is 0 Å². The van der Waals surface area contributed by atoms with Crippen LogP contribution in [0, 0.1) is 0 Å². The topological polar surface area (TPSA) is 60.2 Å². The number of nitrogens with one attached hydrogen (secondary N) is 1. The Bertz CT molecular complexity index is 276. The first-order chi connectivity index (χ1) is 7.34. The maximum atomic E-state index is 5.48. The molecule has 1 aliphatic heterocycles. The SMILES string of the molecule is CC1CC(NCCc2ncon2)CCO1. The highest BCUT2D eigenvalue weighted by molar-refractivity contribution is 4.81. The van der Waals surface area contributed by atoms with Crippen molar-refractivity contribution in [2.24, 2.45) is 0 Å². The van der Waals surface area contributed by atoms with Gasteiger partial charge < -0.3 is 14.6 Å². The van der Waals surface area contributed by atoms with Gasteiger partial charge in [0.05, 0.1) is 6.10 Å². The molecular formula is C10H17N3O2. The fourth-order valence-corrected chi connectivity index (χ4v) is 1.87. The number of rotatable bonds is 4. The number of ether oxygens (including phenoxy) is 1. The van der Waals surface area contributed by atoms with Crippen LogP contribution in [0.25, 0.3) is 0 Å². The van der Waals surface area contributed by atoms with E-state index in [4.69, 9.17) is 4.74 Å². The summed E-state index contributed by atoms with van der Waals surface area (Å²) >= 11 is 0. The summed E-state index contributed by atoms with van der Waals surface area (Å²) < 4.78 is 10.1. The van der Waals surface area contributed by atoms with Crippen LogP contribution >= 0.6 is 0 Å². The minimum absolute atomic E-state index is 0.376. The van der Waals surface area contributed by atoms with Gasteiger partial charge in [-0.2, -0.15) is 4.98 Å². The molecule has 0 aliphatic carbocycles. The molecule has 2 atom stereocenters. The minimum Gasteiger partial charge on any atom is -0.378 e. The summed E-state index contributed by atoms with van der Waals surface area (Å²) in [6.07, 6.45) is 4.75. The van der Waals surface area contributed by atoms with Gasteiger partial charge in [-0.1, -0.05) is 5.16 Å². The van der Waals surface area contributed by atoms with Gasteiger partial charge in [0.15, 0.2) is 5.82 Å². The van der Waals surface area contributed by atoms with Crippen molar-refractivity contribution in [3.8, 4) is 0 Å². The quantitative estimate of drug-likeness (QED) is 0.797. The molecule has 1 aliphatic rings. The van der Waals surface area contributed by atoms with E-state index in [1.807, 2.05) is 0 Å². The summed E-state index contributed by atoms with van der Waals surface area (Å²) in [6.45, 7) is 3.88. The van der Waals surface area contributed by atoms with E-state index in [2.05, 4.69) is 26.9 Å². The summed E-state index contributed by atoms with van der Waals surface area (Å²) in [4.78, 5) is 3.97. The van der Waals surface area contributed by atoms with E-state index in [0.717, 1.165) is 38.2 Å². The van der Waals surface area contributed by atoms with Crippen LogP contribution in [-0.4, -0.2) is 35.4 Å². The molecule has 1 saturated heterocycles. The fourth-order valence-electron chi connectivity index (χ4n) is 1.87. The smallest absolute Gasteiger partial charge is 0.213 e. The molecule has 15 heavy (non-hydrogen) atoms. The molecule has 1 N–H and O–H groups in total. The molecule has 1 aromatic heterocycles. The van der Waals surface area contributed by atoms with Gasteiger partial charge in [-0.3, -0.25) is 0 Å². The van der Waals surface area contributed by atoms with Crippen molar-refractivity contribution in [3.63, 3.8) is 0 Å². The van der Waals surface area contributed by atoms with E-state index in [9.17, 15) is 0 Å². The molecule has 1 fully saturated rings. The predicted molar refractivity (Wildman–Crippen MR) is 54.4 cm³/mol. The zero-order valence-corrected chi connectivity index (χ0v) is 8.98. The van der Waals surface area contributed by atoms with Gasteiger partial charge in [0.2, 0.25) is 6.39 Å². The summed E-state index contributed by atoms with van der Waals surface area (Å²) in [5.41, 5.74) is 0. The highest BCUT2D eigenvalue weighted by Gasteiger charge is 2.18. The maximum Gasteiger partial charge on any atom is 0.213 e. The lowest BCUT2D eigenvalue weighted by molar-refractivity contribution is 0.0135. The highest BCUT2D eigenvalue weighted by atomic mass is 16.5. The number of hydrogen-bond acceptors (Lipinski definition) is 5. The second-order valence-corrected chi connectivity index (χ2v) is 3.95. The van der Waals surface area contributed by atoms with Gasteiger partial charge >= 0.3 is 0 Å². The average molecular weight is 211 g/mol. The van der Waals surface area contributed by atoms with Crippen molar-refractivity contribution in [1.82, 2.24) is 15.5 Å². The van der Waals surface area contributed by atoms with E-state index in [0.29, 0.717) is 12.1 Å². The lowest BCUT2D eigenvalue weighted by atomic mass is 10.0. The predicted octanol–water partition coefficient (Wildman–Crippen LogP) is 0.769. The van der Waals surface area contributed by atoms with Crippen molar-refractivity contribution in [2.75, 3.05) is 13.2 Å². The van der Waals surface area contributed by atoms with Crippen LogP contribution in [0.4, 0.5) is 0 Å². The summed E-state index contributed by atoms with van der Waals surface area (Å²) in [5.74, 6) is 0.766. The van der Waals surface area contributed by atoms with Crippen LogP contribution in [0.2, 0.25) is 0 Å². The summed E-state index contributed by atoms with van der Waals surface area (Å²) in [6, 6.07) is 0.570. The zero-order chi connectivity index (χ0) is 10.5. The molecule has 2 heterocycles. The molecule has 1 aromatic rings. The first-order valence-corrected chi connectivity index (χ1v) is 5.45. The number of aromatic nitrogens is 2. The van der Waals surface area contributed by atoms with Crippen molar-refractivity contribution in [3.05, 3.63) is 12.2 Å². The van der Waals surface area contributed by atoms with Crippen molar-refractivity contribution in [2.45, 2.75) is 38.3 Å². The first-order valence-electron chi connectivity index (χ1n) is 5.45. The molecule has 2 rings (SSSR count). The first kappa shape index (κ1) is 10.6. The molecule has 0 bridgehead atoms. The van der Waals surface area contributed by atoms with Crippen molar-refractivity contribution < 1.29 is 9.26 Å². The van der Waals surface area contributed by atoms with E-state index in [-0.39, 0.29) is 0 Å². The Morgan fingerprint density at radius 2 is 2.53 bits per heavy atom. The lowest BCUT2D eigenvalue weighted by Crippen LogP contribution is -2.38. The Morgan fingerprint density at radius 1 is 1.60 bits per heavy atom. The second-order valence-electron chi connectivity index (χ2n) is 3.95. The Labute approximate surface area is 89.2 Å². The maximum absolute atomic E-state index is 5.48. The monoisotopic (exact) mass is 211 g/mol. The Hall–Kier alpha value is -0.940. The van der Waals surface area contributed by atoms with Gasteiger partial charge in [0.25, 0.3) is 0 Å². The normalized spacial score (nSPS) is 26.7. The molecule has 0 aromatic carbocycles. The molecule has 0 radical (unpaired) electrons. The molecule has 2 unspecified atom stereocenters. The molecule has 0 spiro atoms. The van der Waals surface area contributed by atoms with Crippen LogP contribution in [0.15, 0.2) is 10.9 Å². The van der Waals surface area contributed by atoms with E-state index < -0.39 is 0 Å². The second kappa shape index (κ2) is 5.23. The average Bonchev–Trinajstić information content (AvgIpc) is 2.71. The fraction of sp³-hybridized carbons (Fsp3) is 0.800. The Kier molecular flexibility index (Phi) is 3.69. The third-order valence-corrected chi connectivity index (χ3v) is 2.67. The van der Waals surface area contributed by atoms with Gasteiger partial charge in [-0.25, -0.2) is 0 Å². The Morgan fingerprint density at radius 3 is 3.27 bits per heavy atom. The van der Waals surface area contributed by atoms with E-state index in [1.54, 1.807) is 0 Å². The molecule has 84 valence electrons. The van der Waals surface area contributed by atoms with Crippen LogP contribution < -0.4 is 5.32 Å². The number of nitrogens with zero attached hydrogens (tertiary/aromatic N) is 2. The van der Waals surface area contributed by atoms with Gasteiger partial charge in [0.1, 0.15) is 0 Å². The molecule has 5 heteroatoms. The number of hydrogen-bond donors (Lipinski definition) is 1. The minimum atomic E-state index is 0.376. The Balaban J connectivity index is 1.65. The molecular weight excluding hydrogens is 194 g/mol. The molecule has 0 saturated carbocycles. The molecule has 0 amide bonds.